The van der Waals surface area contributed by atoms with Crippen LogP contribution in [0.25, 0.3) is 22.1 Å². The molecule has 0 aliphatic carbocycles. The molecule has 0 unspecified atom stereocenters. The van der Waals surface area contributed by atoms with Gasteiger partial charge in [0.25, 0.3) is 0 Å². The molecule has 5 nitrogen and oxygen atoms in total. The van der Waals surface area contributed by atoms with Gasteiger partial charge in [-0.1, -0.05) is 68.1 Å². The van der Waals surface area contributed by atoms with Gasteiger partial charge in [0, 0.05) is 16.5 Å². The zero-order chi connectivity index (χ0) is 18.1. The monoisotopic (exact) mass is 362 g/mol. The zero-order valence-corrected chi connectivity index (χ0v) is 15.4. The lowest BCUT2D eigenvalue weighted by atomic mass is 10.0. The first-order chi connectivity index (χ1) is 12.6. The average molecular weight is 362 g/mol. The Kier molecular flexibility index (Phi) is 4.42. The number of carbonyl (C=O) groups is 1. The van der Waals surface area contributed by atoms with E-state index in [1.54, 1.807) is 0 Å². The van der Waals surface area contributed by atoms with Crippen LogP contribution in [-0.2, 0) is 0 Å². The summed E-state index contributed by atoms with van der Waals surface area (Å²) in [5.41, 5.74) is 4.36. The van der Waals surface area contributed by atoms with E-state index in [1.165, 1.54) is 17.3 Å². The molecule has 0 bridgehead atoms. The van der Waals surface area contributed by atoms with Gasteiger partial charge in [-0.2, -0.15) is 0 Å². The highest BCUT2D eigenvalue weighted by atomic mass is 32.2. The van der Waals surface area contributed by atoms with Crippen molar-refractivity contribution in [2.75, 3.05) is 5.75 Å². The van der Waals surface area contributed by atoms with Crippen LogP contribution in [0.2, 0.25) is 0 Å². The number of aromatic nitrogens is 4. The van der Waals surface area contributed by atoms with Crippen molar-refractivity contribution in [1.82, 2.24) is 20.2 Å². The lowest BCUT2D eigenvalue weighted by Crippen LogP contribution is -2.04. The molecule has 0 amide bonds. The van der Waals surface area contributed by atoms with Crippen molar-refractivity contribution in [3.8, 4) is 0 Å². The SMILES string of the molecule is CC(C)c1ccc(C(=O)CSc2nnc3c(n2)[nH]c2ccccc23)cc1. The second-order valence-electron chi connectivity index (χ2n) is 6.45. The normalized spacial score (nSPS) is 11.5. The van der Waals surface area contributed by atoms with Gasteiger partial charge >= 0.3 is 0 Å². The van der Waals surface area contributed by atoms with E-state index in [0.29, 0.717) is 22.3 Å². The van der Waals surface area contributed by atoms with Gasteiger partial charge in [-0.3, -0.25) is 4.79 Å². The Hall–Kier alpha value is -2.73. The highest BCUT2D eigenvalue weighted by Crippen LogP contribution is 2.23. The molecule has 4 rings (SSSR count). The molecule has 0 saturated heterocycles. The molecule has 6 heteroatoms. The van der Waals surface area contributed by atoms with Crippen LogP contribution in [0.3, 0.4) is 0 Å². The fourth-order valence-electron chi connectivity index (χ4n) is 2.83. The van der Waals surface area contributed by atoms with Crippen LogP contribution >= 0.6 is 11.8 Å². The van der Waals surface area contributed by atoms with Gasteiger partial charge in [-0.25, -0.2) is 4.98 Å². The highest BCUT2D eigenvalue weighted by molar-refractivity contribution is 7.99. The number of aromatic amines is 1. The Balaban J connectivity index is 1.50. The number of hydrogen-bond acceptors (Lipinski definition) is 5. The van der Waals surface area contributed by atoms with Crippen LogP contribution in [0.4, 0.5) is 0 Å². The van der Waals surface area contributed by atoms with Crippen molar-refractivity contribution >= 4 is 39.6 Å². The number of hydrogen-bond donors (Lipinski definition) is 1. The number of thioether (sulfide) groups is 1. The predicted octanol–water partition coefficient (Wildman–Crippen LogP) is 4.60. The average Bonchev–Trinajstić information content (AvgIpc) is 3.04. The molecule has 0 aliphatic rings. The van der Waals surface area contributed by atoms with Crippen LogP contribution < -0.4 is 0 Å². The summed E-state index contributed by atoms with van der Waals surface area (Å²) in [6.07, 6.45) is 0. The molecule has 130 valence electrons. The Labute approximate surface area is 155 Å². The van der Waals surface area contributed by atoms with E-state index in [9.17, 15) is 4.79 Å². The summed E-state index contributed by atoms with van der Waals surface area (Å²) in [6, 6.07) is 15.7. The van der Waals surface area contributed by atoms with Crippen molar-refractivity contribution in [2.45, 2.75) is 24.9 Å². The van der Waals surface area contributed by atoms with Crippen LogP contribution in [-0.4, -0.2) is 31.7 Å². The topological polar surface area (TPSA) is 71.5 Å². The molecule has 4 aromatic rings. The van der Waals surface area contributed by atoms with Gasteiger partial charge in [0.1, 0.15) is 5.52 Å². The molecule has 2 aromatic carbocycles. The summed E-state index contributed by atoms with van der Waals surface area (Å²) < 4.78 is 0. The van der Waals surface area contributed by atoms with E-state index in [4.69, 9.17) is 0 Å². The number of nitrogens with one attached hydrogen (secondary N) is 1. The van der Waals surface area contributed by atoms with Crippen molar-refractivity contribution in [2.24, 2.45) is 0 Å². The highest BCUT2D eigenvalue weighted by Gasteiger charge is 2.12. The number of nitrogens with zero attached hydrogens (tertiary/aromatic N) is 3. The molecular formula is C20H18N4OS. The van der Waals surface area contributed by atoms with Gasteiger partial charge in [0.05, 0.1) is 5.75 Å². The predicted molar refractivity (Wildman–Crippen MR) is 105 cm³/mol. The van der Waals surface area contributed by atoms with Crippen molar-refractivity contribution in [3.05, 3.63) is 59.7 Å². The number of carbonyl (C=O) groups excluding carboxylic acids is 1. The van der Waals surface area contributed by atoms with E-state index in [2.05, 4.69) is 34.0 Å². The van der Waals surface area contributed by atoms with E-state index < -0.39 is 0 Å². The van der Waals surface area contributed by atoms with Gasteiger partial charge in [0.15, 0.2) is 11.4 Å². The molecule has 0 atom stereocenters. The molecule has 2 aromatic heterocycles. The van der Waals surface area contributed by atoms with Crippen molar-refractivity contribution < 1.29 is 4.79 Å². The second-order valence-corrected chi connectivity index (χ2v) is 7.39. The first-order valence-electron chi connectivity index (χ1n) is 8.49. The number of fused-ring (bicyclic) bond motifs is 3. The van der Waals surface area contributed by atoms with Crippen LogP contribution in [0, 0.1) is 0 Å². The molecular weight excluding hydrogens is 344 g/mol. The Morgan fingerprint density at radius 2 is 1.85 bits per heavy atom. The molecule has 1 N–H and O–H groups in total. The van der Waals surface area contributed by atoms with Gasteiger partial charge in [0.2, 0.25) is 5.16 Å². The van der Waals surface area contributed by atoms with E-state index in [1.807, 2.05) is 48.5 Å². The second kappa shape index (κ2) is 6.88. The molecule has 2 heterocycles. The summed E-state index contributed by atoms with van der Waals surface area (Å²) in [5.74, 6) is 0.802. The lowest BCUT2D eigenvalue weighted by molar-refractivity contribution is 0.102. The van der Waals surface area contributed by atoms with Crippen LogP contribution in [0.1, 0.15) is 35.7 Å². The first kappa shape index (κ1) is 16.7. The van der Waals surface area contributed by atoms with E-state index in [-0.39, 0.29) is 11.5 Å². The molecule has 0 aliphatic heterocycles. The Morgan fingerprint density at radius 3 is 2.62 bits per heavy atom. The fraction of sp³-hybridized carbons (Fsp3) is 0.200. The number of H-pyrrole nitrogens is 1. The number of rotatable bonds is 5. The maximum Gasteiger partial charge on any atom is 0.211 e. The van der Waals surface area contributed by atoms with Crippen LogP contribution in [0.5, 0.6) is 0 Å². The van der Waals surface area contributed by atoms with E-state index >= 15 is 0 Å². The summed E-state index contributed by atoms with van der Waals surface area (Å²) in [4.78, 5) is 20.1. The molecule has 0 fully saturated rings. The van der Waals surface area contributed by atoms with Crippen LogP contribution in [0.15, 0.2) is 53.7 Å². The Morgan fingerprint density at radius 1 is 1.08 bits per heavy atom. The molecule has 0 radical (unpaired) electrons. The third kappa shape index (κ3) is 3.20. The third-order valence-electron chi connectivity index (χ3n) is 4.33. The van der Waals surface area contributed by atoms with E-state index in [0.717, 1.165) is 16.4 Å². The fourth-order valence-corrected chi connectivity index (χ4v) is 3.52. The Bertz CT molecular complexity index is 1090. The molecule has 0 saturated carbocycles. The van der Waals surface area contributed by atoms with Crippen molar-refractivity contribution in [3.63, 3.8) is 0 Å². The van der Waals surface area contributed by atoms with Gasteiger partial charge in [-0.05, 0) is 17.5 Å². The minimum absolute atomic E-state index is 0.0608. The first-order valence-corrected chi connectivity index (χ1v) is 9.47. The maximum atomic E-state index is 12.4. The maximum absolute atomic E-state index is 12.4. The molecule has 26 heavy (non-hydrogen) atoms. The minimum atomic E-state index is 0.0608. The summed E-state index contributed by atoms with van der Waals surface area (Å²) in [7, 11) is 0. The number of benzene rings is 2. The third-order valence-corrected chi connectivity index (χ3v) is 5.17. The summed E-state index contributed by atoms with van der Waals surface area (Å²) >= 11 is 1.30. The van der Waals surface area contributed by atoms with Gasteiger partial charge in [-0.15, -0.1) is 10.2 Å². The lowest BCUT2D eigenvalue weighted by Gasteiger charge is -2.06. The largest absolute Gasteiger partial charge is 0.338 e. The molecule has 0 spiro atoms. The zero-order valence-electron chi connectivity index (χ0n) is 14.6. The summed E-state index contributed by atoms with van der Waals surface area (Å²) in [5, 5.41) is 9.93. The summed E-state index contributed by atoms with van der Waals surface area (Å²) in [6.45, 7) is 4.27. The minimum Gasteiger partial charge on any atom is -0.338 e. The quantitative estimate of drug-likeness (QED) is 0.415. The number of para-hydroxylation sites is 1. The van der Waals surface area contributed by atoms with Crippen molar-refractivity contribution in [1.29, 1.82) is 0 Å². The standard InChI is InChI=1S/C20H18N4OS/c1-12(2)13-7-9-14(10-8-13)17(25)11-26-20-22-19-18(23-24-20)15-5-3-4-6-16(15)21-19/h3-10,12H,11H2,1-2H3,(H,21,22,24). The van der Waals surface area contributed by atoms with Gasteiger partial charge < -0.3 is 4.98 Å². The number of ketones is 1. The smallest absolute Gasteiger partial charge is 0.211 e. The number of Topliss-reactive ketones (excluding diaryl/α,β-unsaturated/α-hetero) is 1.